The number of hydrogen-bond acceptors (Lipinski definition) is 7. The Morgan fingerprint density at radius 3 is 2.47 bits per heavy atom. The largest absolute Gasteiger partial charge is 0.356 e. The summed E-state index contributed by atoms with van der Waals surface area (Å²) in [6.07, 6.45) is 3.19. The Labute approximate surface area is 177 Å². The van der Waals surface area contributed by atoms with Crippen molar-refractivity contribution < 1.29 is 14.4 Å². The molecule has 3 aliphatic rings. The summed E-state index contributed by atoms with van der Waals surface area (Å²) in [5.74, 6) is 1.68. The zero-order chi connectivity index (χ0) is 20.7. The number of fused-ring (bicyclic) bond motifs is 1. The Hall–Kier alpha value is -3.20. The molecule has 0 radical (unpaired) electrons. The van der Waals surface area contributed by atoms with Crippen molar-refractivity contribution in [2.24, 2.45) is 11.8 Å². The molecule has 152 valence electrons. The molecule has 1 N–H and O–H groups in total. The van der Waals surface area contributed by atoms with Crippen LogP contribution in [0.5, 0.6) is 0 Å². The Morgan fingerprint density at radius 2 is 1.80 bits per heavy atom. The Bertz CT molecular complexity index is 1040. The summed E-state index contributed by atoms with van der Waals surface area (Å²) in [4.78, 5) is 49.0. The second-order valence-electron chi connectivity index (χ2n) is 7.63. The fraction of sp³-hybridized carbons (Fsp3) is 0.286. The molecular formula is C21H19N5O3S. The van der Waals surface area contributed by atoms with Crippen molar-refractivity contribution >= 4 is 40.7 Å². The van der Waals surface area contributed by atoms with E-state index in [4.69, 9.17) is 0 Å². The molecule has 2 unspecified atom stereocenters. The van der Waals surface area contributed by atoms with Gasteiger partial charge in [-0.05, 0) is 30.0 Å². The normalized spacial score (nSPS) is 24.5. The van der Waals surface area contributed by atoms with Gasteiger partial charge in [-0.25, -0.2) is 9.97 Å². The van der Waals surface area contributed by atoms with Crippen LogP contribution >= 0.6 is 11.8 Å². The van der Waals surface area contributed by atoms with Crippen molar-refractivity contribution in [3.63, 3.8) is 0 Å². The van der Waals surface area contributed by atoms with Crippen molar-refractivity contribution in [1.29, 1.82) is 0 Å². The molecule has 1 aromatic heterocycles. The van der Waals surface area contributed by atoms with Gasteiger partial charge in [-0.2, -0.15) is 0 Å². The van der Waals surface area contributed by atoms with Crippen molar-refractivity contribution in [3.05, 3.63) is 58.9 Å². The summed E-state index contributed by atoms with van der Waals surface area (Å²) in [6.45, 7) is 3.14. The number of nitrogens with one attached hydrogen (secondary N) is 1. The van der Waals surface area contributed by atoms with E-state index < -0.39 is 5.91 Å². The van der Waals surface area contributed by atoms with E-state index in [9.17, 15) is 14.4 Å². The molecule has 3 aliphatic heterocycles. The third-order valence-corrected chi connectivity index (χ3v) is 6.49. The minimum Gasteiger partial charge on any atom is -0.356 e. The summed E-state index contributed by atoms with van der Waals surface area (Å²) in [5.41, 5.74) is 0.732. The second kappa shape index (κ2) is 7.56. The molecule has 4 heterocycles. The monoisotopic (exact) mass is 421 g/mol. The lowest BCUT2D eigenvalue weighted by atomic mass is 10.0. The summed E-state index contributed by atoms with van der Waals surface area (Å²) in [7, 11) is 0. The highest BCUT2D eigenvalue weighted by atomic mass is 32.2. The molecule has 2 atom stereocenters. The highest BCUT2D eigenvalue weighted by Crippen LogP contribution is 2.34. The molecule has 1 aromatic carbocycles. The number of nitrogens with zero attached hydrogens (tertiary/aromatic N) is 4. The molecular weight excluding hydrogens is 402 g/mol. The molecule has 3 fully saturated rings. The molecule has 0 aliphatic carbocycles. The summed E-state index contributed by atoms with van der Waals surface area (Å²) in [6, 6.07) is 11.2. The van der Waals surface area contributed by atoms with Gasteiger partial charge in [0.1, 0.15) is 5.82 Å². The number of amides is 3. The molecule has 0 bridgehead atoms. The Kier molecular flexibility index (Phi) is 4.74. The van der Waals surface area contributed by atoms with Crippen LogP contribution in [0.3, 0.4) is 0 Å². The van der Waals surface area contributed by atoms with Crippen LogP contribution in [-0.4, -0.2) is 58.1 Å². The number of benzene rings is 1. The highest BCUT2D eigenvalue weighted by molar-refractivity contribution is 8.18. The topological polar surface area (TPSA) is 95.5 Å². The van der Waals surface area contributed by atoms with E-state index in [1.165, 1.54) is 6.08 Å². The average molecular weight is 421 g/mol. The van der Waals surface area contributed by atoms with Crippen molar-refractivity contribution in [2.75, 3.05) is 31.1 Å². The third-order valence-electron chi connectivity index (χ3n) is 5.68. The van der Waals surface area contributed by atoms with Crippen LogP contribution < -0.4 is 10.2 Å². The Balaban J connectivity index is 1.26. The molecule has 3 amide bonds. The molecule has 3 saturated heterocycles. The number of hydrogen-bond donors (Lipinski definition) is 1. The second-order valence-corrected chi connectivity index (χ2v) is 8.64. The molecule has 5 rings (SSSR count). The number of aromatic nitrogens is 2. The van der Waals surface area contributed by atoms with Crippen LogP contribution in [0.4, 0.5) is 10.6 Å². The van der Waals surface area contributed by atoms with Gasteiger partial charge in [0.05, 0.1) is 4.91 Å². The lowest BCUT2D eigenvalue weighted by Gasteiger charge is -2.22. The first-order chi connectivity index (χ1) is 14.6. The van der Waals surface area contributed by atoms with Gasteiger partial charge < -0.3 is 9.80 Å². The predicted molar refractivity (Wildman–Crippen MR) is 113 cm³/mol. The maximum atomic E-state index is 12.7. The van der Waals surface area contributed by atoms with Crippen molar-refractivity contribution in [3.8, 4) is 0 Å². The van der Waals surface area contributed by atoms with Crippen LogP contribution in [0.25, 0.3) is 6.08 Å². The lowest BCUT2D eigenvalue weighted by Crippen LogP contribution is -2.33. The molecule has 2 aromatic rings. The zero-order valence-corrected chi connectivity index (χ0v) is 16.8. The first-order valence-electron chi connectivity index (χ1n) is 9.74. The highest BCUT2D eigenvalue weighted by Gasteiger charge is 2.42. The van der Waals surface area contributed by atoms with E-state index in [-0.39, 0.29) is 11.1 Å². The van der Waals surface area contributed by atoms with E-state index in [1.54, 1.807) is 6.20 Å². The van der Waals surface area contributed by atoms with Crippen LogP contribution in [0.1, 0.15) is 16.2 Å². The fourth-order valence-corrected chi connectivity index (χ4v) is 4.91. The quantitative estimate of drug-likeness (QED) is 0.758. The molecule has 9 heteroatoms. The molecule has 0 spiro atoms. The molecule has 30 heavy (non-hydrogen) atoms. The smallest absolute Gasteiger partial charge is 0.290 e. The summed E-state index contributed by atoms with van der Waals surface area (Å²) in [5, 5.41) is 1.84. The SMILES string of the molecule is O=C1NC(=O)/C(=C/c2nccc(N3CC4CN(C(=O)c5ccccc5)CC4C3)n2)S1. The maximum Gasteiger partial charge on any atom is 0.290 e. The molecule has 0 saturated carbocycles. The van der Waals surface area contributed by atoms with Gasteiger partial charge in [0, 0.05) is 55.9 Å². The number of carbonyl (C=O) groups is 3. The number of anilines is 1. The first-order valence-corrected chi connectivity index (χ1v) is 10.6. The van der Waals surface area contributed by atoms with Crippen LogP contribution in [-0.2, 0) is 4.79 Å². The minimum absolute atomic E-state index is 0.0920. The molecule has 8 nitrogen and oxygen atoms in total. The van der Waals surface area contributed by atoms with E-state index in [0.29, 0.717) is 22.6 Å². The minimum atomic E-state index is -0.419. The predicted octanol–water partition coefficient (Wildman–Crippen LogP) is 2.01. The van der Waals surface area contributed by atoms with Crippen LogP contribution in [0, 0.1) is 11.8 Å². The summed E-state index contributed by atoms with van der Waals surface area (Å²) >= 11 is 0.852. The van der Waals surface area contributed by atoms with E-state index in [0.717, 1.165) is 49.3 Å². The number of imide groups is 1. The summed E-state index contributed by atoms with van der Waals surface area (Å²) < 4.78 is 0. The van der Waals surface area contributed by atoms with Crippen molar-refractivity contribution in [1.82, 2.24) is 20.2 Å². The Morgan fingerprint density at radius 1 is 1.07 bits per heavy atom. The van der Waals surface area contributed by atoms with Gasteiger partial charge in [-0.1, -0.05) is 18.2 Å². The number of thioether (sulfide) groups is 1. The maximum absolute atomic E-state index is 12.7. The van der Waals surface area contributed by atoms with Gasteiger partial charge >= 0.3 is 0 Å². The van der Waals surface area contributed by atoms with E-state index in [2.05, 4.69) is 20.2 Å². The first kappa shape index (κ1) is 18.8. The lowest BCUT2D eigenvalue weighted by molar-refractivity contribution is -0.115. The van der Waals surface area contributed by atoms with Crippen molar-refractivity contribution in [2.45, 2.75) is 0 Å². The van der Waals surface area contributed by atoms with Gasteiger partial charge in [-0.15, -0.1) is 0 Å². The average Bonchev–Trinajstić information content (AvgIpc) is 3.41. The third kappa shape index (κ3) is 3.56. The number of likely N-dealkylation sites (tertiary alicyclic amines) is 1. The van der Waals surface area contributed by atoms with Gasteiger partial charge in [0.2, 0.25) is 0 Å². The van der Waals surface area contributed by atoms with Gasteiger partial charge in [0.25, 0.3) is 17.1 Å². The van der Waals surface area contributed by atoms with Crippen LogP contribution in [0.2, 0.25) is 0 Å². The van der Waals surface area contributed by atoms with E-state index in [1.807, 2.05) is 41.3 Å². The fourth-order valence-electron chi connectivity index (χ4n) is 4.26. The standard InChI is InChI=1S/C21H19N5O3S/c27-19-16(30-21(29)24-19)8-17-22-7-6-18(23-17)25-9-14-11-26(12-15(14)10-25)20(28)13-4-2-1-3-5-13/h1-8,14-15H,9-12H2,(H,24,27,29)/b16-8-. The van der Waals surface area contributed by atoms with Gasteiger partial charge in [-0.3, -0.25) is 19.7 Å². The number of rotatable bonds is 3. The van der Waals surface area contributed by atoms with Crippen LogP contribution in [0.15, 0.2) is 47.5 Å². The van der Waals surface area contributed by atoms with Gasteiger partial charge in [0.15, 0.2) is 5.82 Å². The zero-order valence-electron chi connectivity index (χ0n) is 16.0. The van der Waals surface area contributed by atoms with E-state index >= 15 is 0 Å². The number of carbonyl (C=O) groups excluding carboxylic acids is 3.